The van der Waals surface area contributed by atoms with Gasteiger partial charge in [-0.05, 0) is 92.9 Å². The summed E-state index contributed by atoms with van der Waals surface area (Å²) in [5.41, 5.74) is 4.86. The SMILES string of the molecule is CCCCB1OC(c2ccccc2)(c2ccccc2)[C@H]2CCCN12.C[Si](C)(C)N=C(c1ccc(Br)cc1)C(F)(F)F.[B]1Oc2ccccc2O1.[Cl-].[NH3+][C@H](c1ccc(Br)cc1)C(F)(F)F. The highest BCUT2D eigenvalue weighted by Crippen LogP contribution is 2.49. The molecule has 64 heavy (non-hydrogen) atoms. The Labute approximate surface area is 397 Å². The summed E-state index contributed by atoms with van der Waals surface area (Å²) in [7, 11) is -0.598. The van der Waals surface area contributed by atoms with Crippen molar-refractivity contribution in [2.75, 3.05) is 6.54 Å². The zero-order valence-electron chi connectivity index (χ0n) is 36.0. The maximum absolute atomic E-state index is 12.9. The summed E-state index contributed by atoms with van der Waals surface area (Å²) < 4.78 is 97.4. The zero-order valence-corrected chi connectivity index (χ0v) is 40.9. The molecule has 3 aliphatic heterocycles. The number of nitrogens with zero attached hydrogens (tertiary/aromatic N) is 2. The van der Waals surface area contributed by atoms with E-state index >= 15 is 0 Å². The van der Waals surface area contributed by atoms with Crippen molar-refractivity contribution in [3.05, 3.63) is 165 Å². The van der Waals surface area contributed by atoms with E-state index in [1.807, 2.05) is 24.3 Å². The highest BCUT2D eigenvalue weighted by Gasteiger charge is 2.57. The first-order valence-corrected chi connectivity index (χ1v) is 25.7. The number of fused-ring (bicyclic) bond motifs is 2. The van der Waals surface area contributed by atoms with E-state index in [1.165, 1.54) is 75.3 Å². The van der Waals surface area contributed by atoms with Crippen molar-refractivity contribution in [2.24, 2.45) is 4.66 Å². The molecule has 3 heterocycles. The molecule has 2 saturated heterocycles. The van der Waals surface area contributed by atoms with Crippen LogP contribution in [0.2, 0.25) is 26.0 Å². The summed E-state index contributed by atoms with van der Waals surface area (Å²) in [6.07, 6.45) is -2.60. The standard InChI is InChI=1S/C21H26BNO.C11H13BrF3NSi.C8H7BrF3N.C6H4BO2.ClH/c1-2-3-16-22-23-17-10-15-20(23)21(24-22,18-11-6-4-7-12-18)19-13-8-5-9-14-19;1-17(2,3)16-10(11(13,14)15)8-4-6-9(12)7-5-8;9-6-3-1-5(2-4-6)7(13)8(10,11)12;1-2-4-6-5(3-1)8-7-9-6;/h4-9,11-14,20H,2-3,10,15-17H2,1H3;4-7H,1-3H3;1-4,7H,13H2;1-4H;1H/t20-;;7-;;/m1.1../s1. The molecule has 1 radical (unpaired) electrons. The fourth-order valence-electron chi connectivity index (χ4n) is 7.49. The molecule has 6 nitrogen and oxygen atoms in total. The van der Waals surface area contributed by atoms with E-state index in [0.717, 1.165) is 26.8 Å². The molecule has 0 saturated carbocycles. The van der Waals surface area contributed by atoms with Crippen LogP contribution in [0, 0.1) is 0 Å². The Morgan fingerprint density at radius 3 is 1.73 bits per heavy atom. The number of quaternary nitrogens is 1. The molecule has 0 bridgehead atoms. The summed E-state index contributed by atoms with van der Waals surface area (Å²) in [5.74, 6) is 1.58. The van der Waals surface area contributed by atoms with Crippen LogP contribution in [0.1, 0.15) is 60.9 Å². The highest BCUT2D eigenvalue weighted by molar-refractivity contribution is 9.10. The molecule has 18 heteroatoms. The lowest BCUT2D eigenvalue weighted by Gasteiger charge is -2.36. The van der Waals surface area contributed by atoms with Gasteiger partial charge in [-0.3, -0.25) is 0 Å². The molecule has 5 aromatic carbocycles. The Morgan fingerprint density at radius 1 is 0.797 bits per heavy atom. The molecule has 2 atom stereocenters. The van der Waals surface area contributed by atoms with Gasteiger partial charge < -0.3 is 41.6 Å². The molecule has 0 aliphatic carbocycles. The molecular weight excluding hydrogens is 1000 g/mol. The van der Waals surface area contributed by atoms with E-state index in [9.17, 15) is 26.3 Å². The Morgan fingerprint density at radius 2 is 1.28 bits per heavy atom. The Kier molecular flexibility index (Phi) is 19.7. The third-order valence-electron chi connectivity index (χ3n) is 10.4. The maximum Gasteiger partial charge on any atom is 0.658 e. The lowest BCUT2D eigenvalue weighted by atomic mass is 9.75. The molecule has 2 fully saturated rings. The van der Waals surface area contributed by atoms with Gasteiger partial charge in [0.05, 0.1) is 0 Å². The van der Waals surface area contributed by atoms with Crippen LogP contribution >= 0.6 is 31.9 Å². The second-order valence-corrected chi connectivity index (χ2v) is 22.5. The third-order valence-corrected chi connectivity index (χ3v) is 12.3. The van der Waals surface area contributed by atoms with E-state index in [0.29, 0.717) is 6.04 Å². The van der Waals surface area contributed by atoms with Crippen molar-refractivity contribution in [1.82, 2.24) is 4.81 Å². The van der Waals surface area contributed by atoms with Gasteiger partial charge in [0.25, 0.3) is 0 Å². The number of halogens is 9. The molecule has 0 spiro atoms. The molecule has 5 aromatic rings. The second kappa shape index (κ2) is 23.7. The van der Waals surface area contributed by atoms with Gasteiger partial charge >= 0.3 is 27.1 Å². The Hall–Kier alpha value is -3.57. The van der Waals surface area contributed by atoms with Gasteiger partial charge in [0.1, 0.15) is 22.8 Å². The van der Waals surface area contributed by atoms with Crippen LogP contribution in [0.5, 0.6) is 11.5 Å². The summed E-state index contributed by atoms with van der Waals surface area (Å²) in [4.78, 5) is 2.63. The zero-order chi connectivity index (χ0) is 45.8. The van der Waals surface area contributed by atoms with Gasteiger partial charge in [-0.15, -0.1) is 0 Å². The van der Waals surface area contributed by atoms with E-state index in [4.69, 9.17) is 14.0 Å². The quantitative estimate of drug-likeness (QED) is 0.0956. The first-order valence-electron chi connectivity index (χ1n) is 20.7. The van der Waals surface area contributed by atoms with E-state index in [1.54, 1.807) is 43.9 Å². The van der Waals surface area contributed by atoms with Crippen LogP contribution in [0.3, 0.4) is 0 Å². The molecule has 0 amide bonds. The topological polar surface area (TPSA) is 70.9 Å². The Bertz CT molecular complexity index is 2150. The van der Waals surface area contributed by atoms with Crippen molar-refractivity contribution in [2.45, 2.75) is 88.6 Å². The monoisotopic (exact) mass is 1050 g/mol. The van der Waals surface area contributed by atoms with Gasteiger partial charge in [-0.2, -0.15) is 26.3 Å². The van der Waals surface area contributed by atoms with Crippen molar-refractivity contribution in [1.29, 1.82) is 0 Å². The molecule has 3 aliphatic rings. The number of alkyl halides is 6. The van der Waals surface area contributed by atoms with E-state index in [-0.39, 0.29) is 36.2 Å². The normalized spacial score (nSPS) is 16.9. The molecule has 0 aromatic heterocycles. The highest BCUT2D eigenvalue weighted by atomic mass is 79.9. The van der Waals surface area contributed by atoms with Crippen LogP contribution in [-0.4, -0.2) is 58.4 Å². The van der Waals surface area contributed by atoms with Crippen LogP contribution in [0.15, 0.2) is 147 Å². The minimum atomic E-state index is -4.41. The fourth-order valence-corrected chi connectivity index (χ4v) is 8.94. The second-order valence-electron chi connectivity index (χ2n) is 16.1. The maximum atomic E-state index is 12.9. The van der Waals surface area contributed by atoms with Crippen LogP contribution < -0.4 is 27.4 Å². The number of para-hydroxylation sites is 2. The average Bonchev–Trinajstić information content (AvgIpc) is 4.01. The number of benzene rings is 5. The number of rotatable bonds is 8. The lowest BCUT2D eigenvalue weighted by Crippen LogP contribution is -3.00. The van der Waals surface area contributed by atoms with Gasteiger partial charge in [0.15, 0.2) is 8.24 Å². The molecular formula is C46H51B2Br2ClF6N3O3Si. The van der Waals surface area contributed by atoms with Crippen molar-refractivity contribution in [3.63, 3.8) is 0 Å². The summed E-state index contributed by atoms with van der Waals surface area (Å²) in [6.45, 7) is 8.76. The Balaban J connectivity index is 0.000000197. The molecule has 8 rings (SSSR count). The molecule has 3 N–H and O–H groups in total. The number of hydrogen-bond donors (Lipinski definition) is 1. The first-order chi connectivity index (χ1) is 29.8. The summed E-state index contributed by atoms with van der Waals surface area (Å²) in [6, 6.07) is 40.0. The van der Waals surface area contributed by atoms with Gasteiger partial charge in [0, 0.05) is 26.1 Å². The molecule has 0 unspecified atom stereocenters. The van der Waals surface area contributed by atoms with Gasteiger partial charge in [0.2, 0.25) is 6.04 Å². The minimum absolute atomic E-state index is 0. The predicted molar refractivity (Wildman–Crippen MR) is 249 cm³/mol. The largest absolute Gasteiger partial charge is 1.00 e. The van der Waals surface area contributed by atoms with E-state index in [2.05, 4.69) is 115 Å². The minimum Gasteiger partial charge on any atom is -1.00 e. The van der Waals surface area contributed by atoms with Crippen molar-refractivity contribution >= 4 is 60.5 Å². The van der Waals surface area contributed by atoms with Crippen LogP contribution in [0.25, 0.3) is 0 Å². The summed E-state index contributed by atoms with van der Waals surface area (Å²) in [5, 5.41) is 0. The third kappa shape index (κ3) is 14.5. The van der Waals surface area contributed by atoms with Gasteiger partial charge in [-0.1, -0.05) is 149 Å². The molecule has 341 valence electrons. The van der Waals surface area contributed by atoms with Crippen LogP contribution in [0.4, 0.5) is 26.3 Å². The predicted octanol–water partition coefficient (Wildman–Crippen LogP) is 9.64. The van der Waals surface area contributed by atoms with Gasteiger partial charge in [-0.25, -0.2) is 0 Å². The van der Waals surface area contributed by atoms with Crippen molar-refractivity contribution in [3.8, 4) is 11.5 Å². The number of hydrogen-bond acceptors (Lipinski definition) is 5. The average molecular weight is 1050 g/mol. The smallest absolute Gasteiger partial charge is 0.658 e. The van der Waals surface area contributed by atoms with E-state index < -0.39 is 32.3 Å². The fraction of sp³-hybridized carbons (Fsp3) is 0.326. The number of unbranched alkanes of at least 4 members (excludes halogenated alkanes) is 1. The lowest BCUT2D eigenvalue weighted by molar-refractivity contribution is -0.488. The first kappa shape index (κ1) is 53.0. The van der Waals surface area contributed by atoms with Crippen LogP contribution in [-0.2, 0) is 10.3 Å². The van der Waals surface area contributed by atoms with Crippen molar-refractivity contribution < 1.29 is 58.4 Å². The summed E-state index contributed by atoms with van der Waals surface area (Å²) >= 11 is 6.34.